The van der Waals surface area contributed by atoms with Crippen molar-refractivity contribution in [3.8, 4) is 0 Å². The zero-order chi connectivity index (χ0) is 19.3. The van der Waals surface area contributed by atoms with E-state index in [4.69, 9.17) is 35.4 Å². The van der Waals surface area contributed by atoms with Gasteiger partial charge in [-0.25, -0.2) is 0 Å². The lowest BCUT2D eigenvalue weighted by atomic mass is 10.1. The van der Waals surface area contributed by atoms with Gasteiger partial charge in [0.2, 0.25) is 0 Å². The molecule has 136 valence electrons. The Bertz CT molecular complexity index is 856. The van der Waals surface area contributed by atoms with Crippen LogP contribution < -0.4 is 16.0 Å². The van der Waals surface area contributed by atoms with E-state index in [0.29, 0.717) is 16.3 Å². The maximum absolute atomic E-state index is 12.3. The van der Waals surface area contributed by atoms with Crippen LogP contribution >= 0.6 is 35.4 Å². The number of hydrogen-bond donors (Lipinski definition) is 3. The topological polar surface area (TPSA) is 70.2 Å². The highest BCUT2D eigenvalue weighted by molar-refractivity contribution is 7.80. The van der Waals surface area contributed by atoms with Gasteiger partial charge in [0.25, 0.3) is 11.8 Å². The van der Waals surface area contributed by atoms with E-state index in [1.54, 1.807) is 30.3 Å². The van der Waals surface area contributed by atoms with Crippen LogP contribution in [-0.4, -0.2) is 23.0 Å². The van der Waals surface area contributed by atoms with Gasteiger partial charge in [-0.1, -0.05) is 35.3 Å². The van der Waals surface area contributed by atoms with Gasteiger partial charge in [-0.2, -0.15) is 0 Å². The number of amides is 2. The van der Waals surface area contributed by atoms with E-state index in [2.05, 4.69) is 16.0 Å². The lowest BCUT2D eigenvalue weighted by molar-refractivity contribution is 0.0942. The largest absolute Gasteiger partial charge is 0.350 e. The average Bonchev–Trinajstić information content (AvgIpc) is 2.54. The van der Waals surface area contributed by atoms with Crippen molar-refractivity contribution < 1.29 is 9.59 Å². The second-order valence-corrected chi connectivity index (χ2v) is 6.96. The van der Waals surface area contributed by atoms with E-state index >= 15 is 0 Å². The minimum atomic E-state index is -0.478. The maximum Gasteiger partial charge on any atom is 0.258 e. The Morgan fingerprint density at radius 2 is 1.69 bits per heavy atom. The van der Waals surface area contributed by atoms with Crippen LogP contribution in [0.4, 0.5) is 5.69 Å². The molecule has 0 aliphatic heterocycles. The molecule has 0 aliphatic carbocycles. The smallest absolute Gasteiger partial charge is 0.258 e. The number of para-hydroxylation sites is 1. The molecule has 0 atom stereocenters. The molecule has 8 heteroatoms. The SMILES string of the molecule is CC(C)NC(=O)c1ccccc1NC(=S)NC(=O)c1ccc(Cl)cc1Cl. The molecule has 0 aliphatic rings. The molecule has 2 amide bonds. The first kappa shape index (κ1) is 20.2. The van der Waals surface area contributed by atoms with Gasteiger partial charge in [-0.15, -0.1) is 0 Å². The van der Waals surface area contributed by atoms with Crippen LogP contribution in [0.5, 0.6) is 0 Å². The molecule has 5 nitrogen and oxygen atoms in total. The van der Waals surface area contributed by atoms with Gasteiger partial charge in [-0.05, 0) is 56.4 Å². The molecule has 0 radical (unpaired) electrons. The average molecular weight is 410 g/mol. The minimum Gasteiger partial charge on any atom is -0.350 e. The van der Waals surface area contributed by atoms with Crippen LogP contribution in [0.1, 0.15) is 34.6 Å². The summed E-state index contributed by atoms with van der Waals surface area (Å²) >= 11 is 17.0. The van der Waals surface area contributed by atoms with E-state index in [9.17, 15) is 9.59 Å². The van der Waals surface area contributed by atoms with Crippen molar-refractivity contribution in [3.05, 3.63) is 63.6 Å². The molecular weight excluding hydrogens is 393 g/mol. The van der Waals surface area contributed by atoms with E-state index in [-0.39, 0.29) is 27.6 Å². The van der Waals surface area contributed by atoms with Gasteiger partial charge in [0.05, 0.1) is 21.8 Å². The van der Waals surface area contributed by atoms with Gasteiger partial charge in [0, 0.05) is 11.1 Å². The molecule has 0 heterocycles. The van der Waals surface area contributed by atoms with Crippen LogP contribution in [0.3, 0.4) is 0 Å². The molecule has 2 aromatic carbocycles. The number of carbonyl (C=O) groups is 2. The fraction of sp³-hybridized carbons (Fsp3) is 0.167. The molecule has 2 aromatic rings. The first-order valence-corrected chi connectivity index (χ1v) is 8.91. The zero-order valence-electron chi connectivity index (χ0n) is 14.1. The van der Waals surface area contributed by atoms with Crippen molar-refractivity contribution in [2.45, 2.75) is 19.9 Å². The Morgan fingerprint density at radius 1 is 1.00 bits per heavy atom. The van der Waals surface area contributed by atoms with Gasteiger partial charge >= 0.3 is 0 Å². The fourth-order valence-electron chi connectivity index (χ4n) is 2.13. The summed E-state index contributed by atoms with van der Waals surface area (Å²) in [6, 6.07) is 11.4. The first-order chi connectivity index (χ1) is 12.3. The van der Waals surface area contributed by atoms with E-state index in [1.165, 1.54) is 12.1 Å². The predicted octanol–water partition coefficient (Wildman–Crippen LogP) is 4.26. The lowest BCUT2D eigenvalue weighted by Crippen LogP contribution is -2.35. The molecular formula is C18H17Cl2N3O2S. The van der Waals surface area contributed by atoms with Crippen LogP contribution in [0.15, 0.2) is 42.5 Å². The molecule has 2 rings (SSSR count). The molecule has 0 unspecified atom stereocenters. The normalized spacial score (nSPS) is 10.3. The number of carbonyl (C=O) groups excluding carboxylic acids is 2. The molecule has 0 spiro atoms. The van der Waals surface area contributed by atoms with E-state index in [0.717, 1.165) is 0 Å². The summed E-state index contributed by atoms with van der Waals surface area (Å²) in [6.07, 6.45) is 0. The summed E-state index contributed by atoms with van der Waals surface area (Å²) in [7, 11) is 0. The molecule has 0 saturated carbocycles. The lowest BCUT2D eigenvalue weighted by Gasteiger charge is -2.15. The Kier molecular flexibility index (Phi) is 6.97. The number of anilines is 1. The number of thiocarbonyl (C=S) groups is 1. The fourth-order valence-corrected chi connectivity index (χ4v) is 2.82. The summed E-state index contributed by atoms with van der Waals surface area (Å²) in [4.78, 5) is 24.6. The quantitative estimate of drug-likeness (QED) is 0.659. The molecule has 0 fully saturated rings. The van der Waals surface area contributed by atoms with Gasteiger partial charge in [0.1, 0.15) is 0 Å². The van der Waals surface area contributed by atoms with Crippen LogP contribution in [0.25, 0.3) is 0 Å². The second kappa shape index (κ2) is 8.98. The van der Waals surface area contributed by atoms with E-state index < -0.39 is 5.91 Å². The third-order valence-corrected chi connectivity index (χ3v) is 3.99. The maximum atomic E-state index is 12.3. The summed E-state index contributed by atoms with van der Waals surface area (Å²) in [5.41, 5.74) is 1.14. The Hall–Kier alpha value is -2.15. The summed E-state index contributed by atoms with van der Waals surface area (Å²) < 4.78 is 0. The predicted molar refractivity (Wildman–Crippen MR) is 109 cm³/mol. The number of rotatable bonds is 4. The van der Waals surface area contributed by atoms with E-state index in [1.807, 2.05) is 13.8 Å². The van der Waals surface area contributed by atoms with Crippen LogP contribution in [0, 0.1) is 0 Å². The van der Waals surface area contributed by atoms with Crippen molar-refractivity contribution in [1.29, 1.82) is 0 Å². The third-order valence-electron chi connectivity index (χ3n) is 3.24. The molecule has 26 heavy (non-hydrogen) atoms. The van der Waals surface area contributed by atoms with Crippen molar-refractivity contribution in [2.75, 3.05) is 5.32 Å². The molecule has 3 N–H and O–H groups in total. The van der Waals surface area contributed by atoms with Gasteiger partial charge < -0.3 is 10.6 Å². The Balaban J connectivity index is 2.10. The zero-order valence-corrected chi connectivity index (χ0v) is 16.4. The van der Waals surface area contributed by atoms with Crippen LogP contribution in [-0.2, 0) is 0 Å². The minimum absolute atomic E-state index is 0.00532. The third kappa shape index (κ3) is 5.42. The summed E-state index contributed by atoms with van der Waals surface area (Å²) in [6.45, 7) is 3.74. The number of hydrogen-bond acceptors (Lipinski definition) is 3. The summed E-state index contributed by atoms with van der Waals surface area (Å²) in [5, 5.41) is 8.90. The highest BCUT2D eigenvalue weighted by Crippen LogP contribution is 2.21. The van der Waals surface area contributed by atoms with Crippen LogP contribution in [0.2, 0.25) is 10.0 Å². The van der Waals surface area contributed by atoms with Crippen molar-refractivity contribution in [1.82, 2.24) is 10.6 Å². The number of benzene rings is 2. The van der Waals surface area contributed by atoms with Gasteiger partial charge in [0.15, 0.2) is 5.11 Å². The van der Waals surface area contributed by atoms with Crippen molar-refractivity contribution in [3.63, 3.8) is 0 Å². The molecule has 0 aromatic heterocycles. The van der Waals surface area contributed by atoms with Gasteiger partial charge in [-0.3, -0.25) is 14.9 Å². The van der Waals surface area contributed by atoms with Crippen molar-refractivity contribution in [2.24, 2.45) is 0 Å². The Morgan fingerprint density at radius 3 is 2.35 bits per heavy atom. The molecule has 0 saturated heterocycles. The number of nitrogens with one attached hydrogen (secondary N) is 3. The monoisotopic (exact) mass is 409 g/mol. The second-order valence-electron chi connectivity index (χ2n) is 5.71. The highest BCUT2D eigenvalue weighted by Gasteiger charge is 2.15. The molecule has 0 bridgehead atoms. The van der Waals surface area contributed by atoms with Crippen molar-refractivity contribution >= 4 is 58.0 Å². The first-order valence-electron chi connectivity index (χ1n) is 7.75. The number of halogens is 2. The Labute approximate surface area is 167 Å². The highest BCUT2D eigenvalue weighted by atomic mass is 35.5. The standard InChI is InChI=1S/C18H17Cl2N3O2S/c1-10(2)21-17(25)13-5-3-4-6-15(13)22-18(26)23-16(24)12-8-7-11(19)9-14(12)20/h3-10H,1-2H3,(H,21,25)(H2,22,23,24,26). The summed E-state index contributed by atoms with van der Waals surface area (Å²) in [5.74, 6) is -0.716.